The average molecular weight is 377 g/mol. The molecular formula is C18H17F2N3O4. The smallest absolute Gasteiger partial charge is 0.414 e. The molecule has 4 rings (SSSR count). The van der Waals surface area contributed by atoms with Crippen LogP contribution in [0.1, 0.15) is 17.5 Å². The fourth-order valence-corrected chi connectivity index (χ4v) is 3.44. The number of hydrogen-bond acceptors (Lipinski definition) is 5. The molecule has 1 fully saturated rings. The van der Waals surface area contributed by atoms with E-state index >= 15 is 0 Å². The van der Waals surface area contributed by atoms with Gasteiger partial charge in [-0.05, 0) is 43.0 Å². The number of amides is 2. The summed E-state index contributed by atoms with van der Waals surface area (Å²) in [7, 11) is 0. The zero-order valence-electron chi connectivity index (χ0n) is 14.3. The Morgan fingerprint density at radius 2 is 2.15 bits per heavy atom. The minimum atomic E-state index is -3.09. The minimum Gasteiger partial charge on any atom is -0.442 e. The SMILES string of the molecule is O=C(NC[C@H]1CN(c2ccc3c(c2)CCCc2cnoc2-3)C(=O)O1)C(F)F. The lowest BCUT2D eigenvalue weighted by molar-refractivity contribution is -0.132. The number of nitrogens with zero attached hydrogens (tertiary/aromatic N) is 2. The number of carbonyl (C=O) groups is 2. The third-order valence-corrected chi connectivity index (χ3v) is 4.76. The first kappa shape index (κ1) is 17.4. The summed E-state index contributed by atoms with van der Waals surface area (Å²) in [5.41, 5.74) is 3.73. The molecule has 0 spiro atoms. The first-order valence-corrected chi connectivity index (χ1v) is 8.64. The van der Waals surface area contributed by atoms with Gasteiger partial charge in [0, 0.05) is 16.8 Å². The van der Waals surface area contributed by atoms with Crippen molar-refractivity contribution in [2.45, 2.75) is 31.8 Å². The molecule has 1 aromatic carbocycles. The summed E-state index contributed by atoms with van der Waals surface area (Å²) in [5, 5.41) is 5.94. The highest BCUT2D eigenvalue weighted by molar-refractivity contribution is 5.90. The Kier molecular flexibility index (Phi) is 4.51. The number of aromatic nitrogens is 1. The summed E-state index contributed by atoms with van der Waals surface area (Å²) in [6, 6.07) is 5.59. The van der Waals surface area contributed by atoms with E-state index in [1.54, 1.807) is 12.3 Å². The second-order valence-corrected chi connectivity index (χ2v) is 6.54. The highest BCUT2D eigenvalue weighted by Gasteiger charge is 2.33. The van der Waals surface area contributed by atoms with Crippen molar-refractivity contribution >= 4 is 17.7 Å². The largest absolute Gasteiger partial charge is 0.442 e. The summed E-state index contributed by atoms with van der Waals surface area (Å²) in [6.07, 6.45) is 0.0418. The molecule has 1 saturated heterocycles. The number of aryl methyl sites for hydroxylation is 2. The number of carbonyl (C=O) groups excluding carboxylic acids is 2. The van der Waals surface area contributed by atoms with Crippen LogP contribution in [0.4, 0.5) is 19.3 Å². The summed E-state index contributed by atoms with van der Waals surface area (Å²) in [5.74, 6) is -0.622. The van der Waals surface area contributed by atoms with Gasteiger partial charge in [0.2, 0.25) is 0 Å². The van der Waals surface area contributed by atoms with E-state index in [2.05, 4.69) is 10.5 Å². The van der Waals surface area contributed by atoms with Crippen molar-refractivity contribution < 1.29 is 27.6 Å². The van der Waals surface area contributed by atoms with Gasteiger partial charge in [-0.1, -0.05) is 5.16 Å². The van der Waals surface area contributed by atoms with Gasteiger partial charge >= 0.3 is 12.5 Å². The van der Waals surface area contributed by atoms with E-state index in [9.17, 15) is 18.4 Å². The van der Waals surface area contributed by atoms with E-state index in [0.717, 1.165) is 41.7 Å². The van der Waals surface area contributed by atoms with Gasteiger partial charge < -0.3 is 14.6 Å². The van der Waals surface area contributed by atoms with Crippen molar-refractivity contribution in [3.8, 4) is 11.3 Å². The molecule has 1 atom stereocenters. The fourth-order valence-electron chi connectivity index (χ4n) is 3.44. The monoisotopic (exact) mass is 377 g/mol. The quantitative estimate of drug-likeness (QED) is 0.885. The predicted octanol–water partition coefficient (Wildman–Crippen LogP) is 2.54. The lowest BCUT2D eigenvalue weighted by atomic mass is 10.0. The van der Waals surface area contributed by atoms with Gasteiger partial charge in [-0.2, -0.15) is 8.78 Å². The normalized spacial score (nSPS) is 18.7. The number of ether oxygens (including phenoxy) is 1. The molecular weight excluding hydrogens is 360 g/mol. The molecule has 2 aliphatic rings. The van der Waals surface area contributed by atoms with Crippen molar-refractivity contribution in [1.29, 1.82) is 0 Å². The van der Waals surface area contributed by atoms with Gasteiger partial charge in [-0.25, -0.2) is 4.79 Å². The molecule has 2 amide bonds. The number of cyclic esters (lactones) is 1. The van der Waals surface area contributed by atoms with E-state index < -0.39 is 24.5 Å². The maximum absolute atomic E-state index is 12.3. The van der Waals surface area contributed by atoms with Crippen LogP contribution in [0, 0.1) is 0 Å². The molecule has 2 heterocycles. The van der Waals surface area contributed by atoms with Crippen LogP contribution in [-0.2, 0) is 22.4 Å². The summed E-state index contributed by atoms with van der Waals surface area (Å²) >= 11 is 0. The van der Waals surface area contributed by atoms with E-state index in [1.165, 1.54) is 4.90 Å². The number of fused-ring (bicyclic) bond motifs is 3. The molecule has 0 radical (unpaired) electrons. The van der Waals surface area contributed by atoms with Gasteiger partial charge in [0.25, 0.3) is 5.91 Å². The maximum Gasteiger partial charge on any atom is 0.414 e. The molecule has 2 aromatic rings. The fraction of sp³-hybridized carbons (Fsp3) is 0.389. The lowest BCUT2D eigenvalue weighted by Crippen LogP contribution is -2.37. The third kappa shape index (κ3) is 3.36. The maximum atomic E-state index is 12.3. The Morgan fingerprint density at radius 3 is 2.96 bits per heavy atom. The molecule has 9 heteroatoms. The van der Waals surface area contributed by atoms with Gasteiger partial charge in [0.1, 0.15) is 6.10 Å². The summed E-state index contributed by atoms with van der Waals surface area (Å²) < 4.78 is 35.1. The molecule has 0 bridgehead atoms. The standard InChI is InChI=1S/C18H17F2N3O4/c19-16(20)17(24)21-8-13-9-23(18(25)26-13)12-4-5-14-10(6-12)2-1-3-11-7-22-27-15(11)14/h4-7,13,16H,1-3,8-9H2,(H,21,24)/t13-/m0/s1. The Balaban J connectivity index is 1.51. The van der Waals surface area contributed by atoms with Crippen LogP contribution in [0.25, 0.3) is 11.3 Å². The second kappa shape index (κ2) is 6.98. The van der Waals surface area contributed by atoms with E-state index in [4.69, 9.17) is 9.26 Å². The zero-order valence-corrected chi connectivity index (χ0v) is 14.3. The summed E-state index contributed by atoms with van der Waals surface area (Å²) in [4.78, 5) is 24.6. The Morgan fingerprint density at radius 1 is 1.33 bits per heavy atom. The van der Waals surface area contributed by atoms with Crippen LogP contribution < -0.4 is 10.2 Å². The average Bonchev–Trinajstić information content (AvgIpc) is 3.22. The topological polar surface area (TPSA) is 84.7 Å². The molecule has 1 aromatic heterocycles. The lowest BCUT2D eigenvalue weighted by Gasteiger charge is -2.15. The second-order valence-electron chi connectivity index (χ2n) is 6.54. The van der Waals surface area contributed by atoms with E-state index in [-0.39, 0.29) is 13.1 Å². The third-order valence-electron chi connectivity index (χ3n) is 4.76. The van der Waals surface area contributed by atoms with E-state index in [0.29, 0.717) is 5.69 Å². The number of rotatable bonds is 4. The molecule has 27 heavy (non-hydrogen) atoms. The van der Waals surface area contributed by atoms with Gasteiger partial charge in [0.05, 0.1) is 19.3 Å². The van der Waals surface area contributed by atoms with Crippen molar-refractivity contribution in [2.75, 3.05) is 18.0 Å². The molecule has 0 saturated carbocycles. The van der Waals surface area contributed by atoms with Gasteiger partial charge in [0.15, 0.2) is 5.76 Å². The number of hydrogen-bond donors (Lipinski definition) is 1. The van der Waals surface area contributed by atoms with Crippen LogP contribution in [0.15, 0.2) is 28.9 Å². The van der Waals surface area contributed by atoms with Crippen LogP contribution in [0.3, 0.4) is 0 Å². The molecule has 1 aliphatic heterocycles. The van der Waals surface area contributed by atoms with Gasteiger partial charge in [-0.3, -0.25) is 9.69 Å². The summed E-state index contributed by atoms with van der Waals surface area (Å²) in [6.45, 7) is 0.0203. The molecule has 1 aliphatic carbocycles. The highest BCUT2D eigenvalue weighted by atomic mass is 19.3. The predicted molar refractivity (Wildman–Crippen MR) is 90.6 cm³/mol. The van der Waals surface area contributed by atoms with Crippen LogP contribution >= 0.6 is 0 Å². The number of alkyl halides is 2. The Bertz CT molecular complexity index is 883. The first-order chi connectivity index (χ1) is 13.0. The van der Waals surface area contributed by atoms with Crippen molar-refractivity contribution in [3.63, 3.8) is 0 Å². The molecule has 0 unspecified atom stereocenters. The zero-order chi connectivity index (χ0) is 19.0. The van der Waals surface area contributed by atoms with Crippen LogP contribution in [0.2, 0.25) is 0 Å². The molecule has 1 N–H and O–H groups in total. The molecule has 7 nitrogen and oxygen atoms in total. The Hall–Kier alpha value is -2.97. The number of anilines is 1. The van der Waals surface area contributed by atoms with Gasteiger partial charge in [-0.15, -0.1) is 0 Å². The van der Waals surface area contributed by atoms with Crippen LogP contribution in [-0.4, -0.2) is 42.8 Å². The van der Waals surface area contributed by atoms with E-state index in [1.807, 2.05) is 12.1 Å². The Labute approximate surface area is 153 Å². The number of halogens is 2. The van der Waals surface area contributed by atoms with Crippen molar-refractivity contribution in [2.24, 2.45) is 0 Å². The first-order valence-electron chi connectivity index (χ1n) is 8.64. The molecule has 142 valence electrons. The number of nitrogens with one attached hydrogen (secondary N) is 1. The number of benzene rings is 1. The highest BCUT2D eigenvalue weighted by Crippen LogP contribution is 2.35. The van der Waals surface area contributed by atoms with Crippen LogP contribution in [0.5, 0.6) is 0 Å². The van der Waals surface area contributed by atoms with Crippen molar-refractivity contribution in [3.05, 3.63) is 35.5 Å². The van der Waals surface area contributed by atoms with Crippen molar-refractivity contribution in [1.82, 2.24) is 10.5 Å². The minimum absolute atomic E-state index is 0.155.